The number of imidazole rings is 1. The number of likely N-dealkylation sites (N-methyl/N-ethyl adjacent to an activating group) is 1. The molecule has 0 unspecified atom stereocenters. The molecule has 0 fully saturated rings. The Labute approximate surface area is 117 Å². The Morgan fingerprint density at radius 1 is 1.40 bits per heavy atom. The van der Waals surface area contributed by atoms with Crippen molar-refractivity contribution in [3.05, 3.63) is 30.1 Å². The molecule has 1 aromatic carbocycles. The van der Waals surface area contributed by atoms with E-state index in [2.05, 4.69) is 4.98 Å². The molecular formula is C14H19N3O3. The van der Waals surface area contributed by atoms with Crippen molar-refractivity contribution < 1.29 is 15.0 Å². The molecule has 0 aliphatic carbocycles. The predicted molar refractivity (Wildman–Crippen MR) is 75.4 cm³/mol. The summed E-state index contributed by atoms with van der Waals surface area (Å²) in [6.07, 6.45) is 0. The van der Waals surface area contributed by atoms with Gasteiger partial charge in [0, 0.05) is 6.54 Å². The summed E-state index contributed by atoms with van der Waals surface area (Å²) >= 11 is 0. The fourth-order valence-corrected chi connectivity index (χ4v) is 2.25. The number of carboxylic acid groups (broad SMARTS) is 1. The molecule has 0 spiro atoms. The summed E-state index contributed by atoms with van der Waals surface area (Å²) in [5, 5.41) is 18.1. The SMILES string of the molecule is CCN(CCO)Cc1nc2ccccc2n1CC(=O)O. The van der Waals surface area contributed by atoms with Crippen LogP contribution in [-0.4, -0.2) is 50.3 Å². The quantitative estimate of drug-likeness (QED) is 0.787. The molecule has 0 radical (unpaired) electrons. The number of hydrogen-bond donors (Lipinski definition) is 2. The monoisotopic (exact) mass is 277 g/mol. The Hall–Kier alpha value is -1.92. The Morgan fingerprint density at radius 3 is 2.80 bits per heavy atom. The fraction of sp³-hybridized carbons (Fsp3) is 0.429. The van der Waals surface area contributed by atoms with Crippen molar-refractivity contribution in [3.8, 4) is 0 Å². The van der Waals surface area contributed by atoms with Gasteiger partial charge in [-0.3, -0.25) is 9.69 Å². The van der Waals surface area contributed by atoms with Gasteiger partial charge in [-0.25, -0.2) is 4.98 Å². The summed E-state index contributed by atoms with van der Waals surface area (Å²) in [5.74, 6) is -0.177. The summed E-state index contributed by atoms with van der Waals surface area (Å²) in [5.41, 5.74) is 1.62. The van der Waals surface area contributed by atoms with Gasteiger partial charge >= 0.3 is 5.97 Å². The highest BCUT2D eigenvalue weighted by Crippen LogP contribution is 2.17. The van der Waals surface area contributed by atoms with E-state index in [9.17, 15) is 4.79 Å². The van der Waals surface area contributed by atoms with Crippen molar-refractivity contribution in [2.75, 3.05) is 19.7 Å². The van der Waals surface area contributed by atoms with Gasteiger partial charge in [0.05, 0.1) is 24.2 Å². The van der Waals surface area contributed by atoms with E-state index in [1.807, 2.05) is 36.1 Å². The van der Waals surface area contributed by atoms with Crippen molar-refractivity contribution in [1.82, 2.24) is 14.5 Å². The van der Waals surface area contributed by atoms with E-state index in [0.29, 0.717) is 18.9 Å². The third-order valence-corrected chi connectivity index (χ3v) is 3.26. The number of aliphatic hydroxyl groups excluding tert-OH is 1. The summed E-state index contributed by atoms with van der Waals surface area (Å²) in [6, 6.07) is 7.50. The average Bonchev–Trinajstić information content (AvgIpc) is 2.76. The first-order valence-corrected chi connectivity index (χ1v) is 6.64. The van der Waals surface area contributed by atoms with Crippen molar-refractivity contribution in [2.24, 2.45) is 0 Å². The van der Waals surface area contributed by atoms with Crippen LogP contribution in [0.25, 0.3) is 11.0 Å². The molecule has 6 heteroatoms. The van der Waals surface area contributed by atoms with Gasteiger partial charge in [0.1, 0.15) is 12.4 Å². The number of para-hydroxylation sites is 2. The highest BCUT2D eigenvalue weighted by atomic mass is 16.4. The number of nitrogens with zero attached hydrogens (tertiary/aromatic N) is 3. The second-order valence-corrected chi connectivity index (χ2v) is 4.59. The molecule has 0 atom stereocenters. The number of rotatable bonds is 7. The summed E-state index contributed by atoms with van der Waals surface area (Å²) < 4.78 is 1.72. The van der Waals surface area contributed by atoms with E-state index in [1.54, 1.807) is 4.57 Å². The minimum atomic E-state index is -0.889. The molecule has 20 heavy (non-hydrogen) atoms. The smallest absolute Gasteiger partial charge is 0.323 e. The maximum Gasteiger partial charge on any atom is 0.323 e. The molecular weight excluding hydrogens is 258 g/mol. The van der Waals surface area contributed by atoms with Crippen LogP contribution in [0.15, 0.2) is 24.3 Å². The number of aromatic nitrogens is 2. The Kier molecular flexibility index (Phi) is 4.70. The van der Waals surface area contributed by atoms with Crippen molar-refractivity contribution in [3.63, 3.8) is 0 Å². The van der Waals surface area contributed by atoms with Crippen LogP contribution in [0.1, 0.15) is 12.7 Å². The van der Waals surface area contributed by atoms with Gasteiger partial charge in [-0.1, -0.05) is 19.1 Å². The Morgan fingerprint density at radius 2 is 2.15 bits per heavy atom. The van der Waals surface area contributed by atoms with E-state index in [1.165, 1.54) is 0 Å². The average molecular weight is 277 g/mol. The number of aliphatic hydroxyl groups is 1. The number of carbonyl (C=O) groups is 1. The van der Waals surface area contributed by atoms with E-state index < -0.39 is 5.97 Å². The zero-order valence-electron chi connectivity index (χ0n) is 11.5. The van der Waals surface area contributed by atoms with Gasteiger partial charge in [0.15, 0.2) is 0 Å². The molecule has 1 heterocycles. The van der Waals surface area contributed by atoms with Gasteiger partial charge in [-0.05, 0) is 18.7 Å². The molecule has 2 aromatic rings. The van der Waals surface area contributed by atoms with Crippen LogP contribution in [0, 0.1) is 0 Å². The number of hydrogen-bond acceptors (Lipinski definition) is 4. The zero-order chi connectivity index (χ0) is 14.5. The van der Waals surface area contributed by atoms with Crippen molar-refractivity contribution in [1.29, 1.82) is 0 Å². The van der Waals surface area contributed by atoms with E-state index in [-0.39, 0.29) is 13.2 Å². The van der Waals surface area contributed by atoms with Crippen LogP contribution in [0.4, 0.5) is 0 Å². The maximum atomic E-state index is 11.0. The van der Waals surface area contributed by atoms with Crippen LogP contribution in [0.3, 0.4) is 0 Å². The number of carboxylic acids is 1. The first-order chi connectivity index (χ1) is 9.65. The first kappa shape index (κ1) is 14.5. The molecule has 0 saturated heterocycles. The van der Waals surface area contributed by atoms with Crippen molar-refractivity contribution >= 4 is 17.0 Å². The Bertz CT molecular complexity index is 594. The van der Waals surface area contributed by atoms with E-state index in [4.69, 9.17) is 10.2 Å². The van der Waals surface area contributed by atoms with Crippen LogP contribution in [0.2, 0.25) is 0 Å². The lowest BCUT2D eigenvalue weighted by atomic mass is 10.3. The molecule has 1 aromatic heterocycles. The molecule has 0 bridgehead atoms. The molecule has 2 rings (SSSR count). The molecule has 108 valence electrons. The molecule has 0 saturated carbocycles. The fourth-order valence-electron chi connectivity index (χ4n) is 2.25. The molecule has 6 nitrogen and oxygen atoms in total. The second-order valence-electron chi connectivity index (χ2n) is 4.59. The minimum Gasteiger partial charge on any atom is -0.480 e. The lowest BCUT2D eigenvalue weighted by Gasteiger charge is -2.19. The number of fused-ring (bicyclic) bond motifs is 1. The lowest BCUT2D eigenvalue weighted by Crippen LogP contribution is -2.28. The van der Waals surface area contributed by atoms with Gasteiger partial charge in [0.2, 0.25) is 0 Å². The zero-order valence-corrected chi connectivity index (χ0v) is 11.5. The van der Waals surface area contributed by atoms with Crippen LogP contribution in [0.5, 0.6) is 0 Å². The number of aliphatic carboxylic acids is 1. The predicted octanol–water partition coefficient (Wildman–Crippen LogP) is 0.935. The molecule has 0 aliphatic rings. The highest BCUT2D eigenvalue weighted by Gasteiger charge is 2.15. The minimum absolute atomic E-state index is 0.0764. The third kappa shape index (κ3) is 3.15. The van der Waals surface area contributed by atoms with E-state index >= 15 is 0 Å². The van der Waals surface area contributed by atoms with Crippen LogP contribution >= 0.6 is 0 Å². The normalized spacial score (nSPS) is 11.3. The molecule has 2 N–H and O–H groups in total. The lowest BCUT2D eigenvalue weighted by molar-refractivity contribution is -0.137. The second kappa shape index (κ2) is 6.49. The maximum absolute atomic E-state index is 11.0. The van der Waals surface area contributed by atoms with Crippen molar-refractivity contribution in [2.45, 2.75) is 20.0 Å². The molecule has 0 aliphatic heterocycles. The standard InChI is InChI=1S/C14H19N3O3/c1-2-16(7-8-18)9-13-15-11-5-3-4-6-12(11)17(13)10-14(19)20/h3-6,18H,2,7-10H2,1H3,(H,19,20). The third-order valence-electron chi connectivity index (χ3n) is 3.26. The van der Waals surface area contributed by atoms with Gasteiger partial charge < -0.3 is 14.8 Å². The highest BCUT2D eigenvalue weighted by molar-refractivity contribution is 5.78. The van der Waals surface area contributed by atoms with Crippen LogP contribution in [-0.2, 0) is 17.9 Å². The topological polar surface area (TPSA) is 78.6 Å². The summed E-state index contributed by atoms with van der Waals surface area (Å²) in [4.78, 5) is 17.6. The largest absolute Gasteiger partial charge is 0.480 e. The summed E-state index contributed by atoms with van der Waals surface area (Å²) in [6.45, 7) is 3.82. The van der Waals surface area contributed by atoms with Gasteiger partial charge in [0.25, 0.3) is 0 Å². The van der Waals surface area contributed by atoms with Gasteiger partial charge in [-0.15, -0.1) is 0 Å². The molecule has 0 amide bonds. The van der Waals surface area contributed by atoms with Crippen LogP contribution < -0.4 is 0 Å². The number of benzene rings is 1. The summed E-state index contributed by atoms with van der Waals surface area (Å²) in [7, 11) is 0. The van der Waals surface area contributed by atoms with Gasteiger partial charge in [-0.2, -0.15) is 0 Å². The van der Waals surface area contributed by atoms with E-state index in [0.717, 1.165) is 17.6 Å². The Balaban J connectivity index is 2.37. The first-order valence-electron chi connectivity index (χ1n) is 6.64.